The number of aliphatic carboxylic acids is 1. The molecule has 0 bridgehead atoms. The zero-order valence-electron chi connectivity index (χ0n) is 14.2. The van der Waals surface area contributed by atoms with E-state index in [1.54, 1.807) is 6.07 Å². The van der Waals surface area contributed by atoms with Crippen LogP contribution in [0, 0.1) is 13.8 Å². The highest BCUT2D eigenvalue weighted by atomic mass is 19.4. The zero-order valence-corrected chi connectivity index (χ0v) is 14.2. The molecule has 2 aromatic rings. The first-order valence-corrected chi connectivity index (χ1v) is 7.85. The number of aryl methyl sites for hydroxylation is 2. The predicted octanol–water partition coefficient (Wildman–Crippen LogP) is 3.75. The Morgan fingerprint density at radius 2 is 1.65 bits per heavy atom. The van der Waals surface area contributed by atoms with E-state index in [9.17, 15) is 27.9 Å². The van der Waals surface area contributed by atoms with Crippen LogP contribution in [0.15, 0.2) is 42.5 Å². The third kappa shape index (κ3) is 4.84. The van der Waals surface area contributed by atoms with Crippen LogP contribution in [0.2, 0.25) is 0 Å². The lowest BCUT2D eigenvalue weighted by atomic mass is 10.0. The van der Waals surface area contributed by atoms with Gasteiger partial charge in [-0.15, -0.1) is 0 Å². The highest BCUT2D eigenvalue weighted by molar-refractivity contribution is 5.96. The summed E-state index contributed by atoms with van der Waals surface area (Å²) >= 11 is 0. The van der Waals surface area contributed by atoms with Gasteiger partial charge in [0, 0.05) is 12.0 Å². The number of amides is 1. The number of carbonyl (C=O) groups is 2. The summed E-state index contributed by atoms with van der Waals surface area (Å²) in [5, 5.41) is 11.7. The van der Waals surface area contributed by atoms with Gasteiger partial charge in [0.2, 0.25) is 0 Å². The Hall–Kier alpha value is -2.83. The summed E-state index contributed by atoms with van der Waals surface area (Å²) in [4.78, 5) is 23.6. The normalized spacial score (nSPS) is 12.5. The van der Waals surface area contributed by atoms with E-state index in [-0.39, 0.29) is 12.0 Å². The molecule has 2 aromatic carbocycles. The molecule has 7 heteroatoms. The van der Waals surface area contributed by atoms with Crippen LogP contribution < -0.4 is 5.32 Å². The highest BCUT2D eigenvalue weighted by Crippen LogP contribution is 2.29. The van der Waals surface area contributed by atoms with Gasteiger partial charge in [-0.1, -0.05) is 18.2 Å². The molecule has 0 radical (unpaired) electrons. The van der Waals surface area contributed by atoms with E-state index in [4.69, 9.17) is 0 Å². The quantitative estimate of drug-likeness (QED) is 0.848. The second-order valence-corrected chi connectivity index (χ2v) is 6.06. The lowest BCUT2D eigenvalue weighted by Crippen LogP contribution is -2.42. The van der Waals surface area contributed by atoms with E-state index >= 15 is 0 Å². The molecule has 0 fully saturated rings. The molecule has 1 atom stereocenters. The Kier molecular flexibility index (Phi) is 5.69. The maximum Gasteiger partial charge on any atom is 0.416 e. The van der Waals surface area contributed by atoms with Crippen molar-refractivity contribution in [2.45, 2.75) is 32.5 Å². The van der Waals surface area contributed by atoms with E-state index in [0.717, 1.165) is 41.0 Å². The van der Waals surface area contributed by atoms with Crippen LogP contribution in [0.5, 0.6) is 0 Å². The largest absolute Gasteiger partial charge is 0.480 e. The number of nitrogens with one attached hydrogen (secondary N) is 1. The number of hydrogen-bond donors (Lipinski definition) is 2. The maximum atomic E-state index is 12.6. The molecular weight excluding hydrogens is 347 g/mol. The first kappa shape index (κ1) is 19.5. The lowest BCUT2D eigenvalue weighted by Gasteiger charge is -2.16. The first-order chi connectivity index (χ1) is 12.1. The molecule has 2 rings (SSSR count). The average Bonchev–Trinajstić information content (AvgIpc) is 2.56. The predicted molar refractivity (Wildman–Crippen MR) is 90.0 cm³/mol. The molecule has 0 aliphatic rings. The zero-order chi connectivity index (χ0) is 19.5. The number of halogens is 3. The summed E-state index contributed by atoms with van der Waals surface area (Å²) in [6, 6.07) is 7.91. The van der Waals surface area contributed by atoms with Crippen molar-refractivity contribution in [2.75, 3.05) is 0 Å². The third-order valence-corrected chi connectivity index (χ3v) is 4.09. The highest BCUT2D eigenvalue weighted by Gasteiger charge is 2.30. The standard InChI is InChI=1S/C19H18F3NO3/c1-11-3-4-13(9-12(11)2)10-16(18(25)26)23-17(24)14-5-7-15(8-6-14)19(20,21)22/h3-9,16H,10H2,1-2H3,(H,23,24)(H,25,26)/t16-/m0/s1. The molecule has 0 saturated heterocycles. The smallest absolute Gasteiger partial charge is 0.416 e. The summed E-state index contributed by atoms with van der Waals surface area (Å²) in [6.45, 7) is 3.83. The van der Waals surface area contributed by atoms with Gasteiger partial charge in [-0.2, -0.15) is 13.2 Å². The van der Waals surface area contributed by atoms with Crippen molar-refractivity contribution in [1.29, 1.82) is 0 Å². The van der Waals surface area contributed by atoms with Crippen molar-refractivity contribution < 1.29 is 27.9 Å². The minimum atomic E-state index is -4.50. The van der Waals surface area contributed by atoms with Crippen LogP contribution >= 0.6 is 0 Å². The van der Waals surface area contributed by atoms with Crippen LogP contribution in [0.25, 0.3) is 0 Å². The molecule has 0 aromatic heterocycles. The molecule has 1 amide bonds. The van der Waals surface area contributed by atoms with E-state index in [0.29, 0.717) is 0 Å². The van der Waals surface area contributed by atoms with E-state index in [1.807, 2.05) is 26.0 Å². The summed E-state index contributed by atoms with van der Waals surface area (Å²) in [7, 11) is 0. The molecule has 0 aliphatic carbocycles. The van der Waals surface area contributed by atoms with E-state index in [1.165, 1.54) is 0 Å². The first-order valence-electron chi connectivity index (χ1n) is 7.85. The Labute approximate surface area is 148 Å². The van der Waals surface area contributed by atoms with Gasteiger partial charge >= 0.3 is 12.1 Å². The minimum Gasteiger partial charge on any atom is -0.480 e. The number of carboxylic acid groups (broad SMARTS) is 1. The Morgan fingerprint density at radius 3 is 2.15 bits per heavy atom. The number of hydrogen-bond acceptors (Lipinski definition) is 2. The number of rotatable bonds is 5. The van der Waals surface area contributed by atoms with Crippen LogP contribution in [0.3, 0.4) is 0 Å². The summed E-state index contributed by atoms with van der Waals surface area (Å²) in [5.41, 5.74) is 1.90. The van der Waals surface area contributed by atoms with Gasteiger partial charge in [-0.3, -0.25) is 4.79 Å². The molecule has 26 heavy (non-hydrogen) atoms. The molecule has 0 aliphatic heterocycles. The molecule has 4 nitrogen and oxygen atoms in total. The fourth-order valence-electron chi connectivity index (χ4n) is 2.42. The molecule has 0 heterocycles. The van der Waals surface area contributed by atoms with Crippen molar-refractivity contribution in [2.24, 2.45) is 0 Å². The fraction of sp³-hybridized carbons (Fsp3) is 0.263. The SMILES string of the molecule is Cc1ccc(C[C@H](NC(=O)c2ccc(C(F)(F)F)cc2)C(=O)O)cc1C. The Morgan fingerprint density at radius 1 is 1.04 bits per heavy atom. The van der Waals surface area contributed by atoms with Crippen LogP contribution in [-0.4, -0.2) is 23.0 Å². The number of benzene rings is 2. The monoisotopic (exact) mass is 365 g/mol. The van der Waals surface area contributed by atoms with Crippen molar-refractivity contribution in [3.8, 4) is 0 Å². The topological polar surface area (TPSA) is 66.4 Å². The summed E-state index contributed by atoms with van der Waals surface area (Å²) in [6.07, 6.45) is -4.43. The summed E-state index contributed by atoms with van der Waals surface area (Å²) in [5.74, 6) is -1.96. The van der Waals surface area contributed by atoms with Crippen molar-refractivity contribution in [3.05, 3.63) is 70.3 Å². The molecule has 0 unspecified atom stereocenters. The number of carbonyl (C=O) groups excluding carboxylic acids is 1. The second kappa shape index (κ2) is 7.59. The minimum absolute atomic E-state index is 0.0377. The van der Waals surface area contributed by atoms with Gasteiger partial charge in [0.05, 0.1) is 5.56 Å². The molecule has 2 N–H and O–H groups in total. The van der Waals surface area contributed by atoms with Gasteiger partial charge in [0.15, 0.2) is 0 Å². The number of carboxylic acids is 1. The van der Waals surface area contributed by atoms with Crippen molar-refractivity contribution in [1.82, 2.24) is 5.32 Å². The van der Waals surface area contributed by atoms with Crippen LogP contribution in [-0.2, 0) is 17.4 Å². The summed E-state index contributed by atoms with van der Waals surface area (Å²) < 4.78 is 37.7. The van der Waals surface area contributed by atoms with Gasteiger partial charge in [-0.25, -0.2) is 4.79 Å². The molecular formula is C19H18F3NO3. The van der Waals surface area contributed by atoms with E-state index in [2.05, 4.69) is 5.32 Å². The second-order valence-electron chi connectivity index (χ2n) is 6.06. The average molecular weight is 365 g/mol. The Bertz CT molecular complexity index is 814. The van der Waals surface area contributed by atoms with Crippen LogP contribution in [0.4, 0.5) is 13.2 Å². The van der Waals surface area contributed by atoms with E-state index < -0.39 is 29.7 Å². The number of alkyl halides is 3. The lowest BCUT2D eigenvalue weighted by molar-refractivity contribution is -0.139. The van der Waals surface area contributed by atoms with Gasteiger partial charge < -0.3 is 10.4 Å². The van der Waals surface area contributed by atoms with Crippen LogP contribution in [0.1, 0.15) is 32.6 Å². The molecule has 138 valence electrons. The van der Waals surface area contributed by atoms with Gasteiger partial charge in [0.25, 0.3) is 5.91 Å². The molecule has 0 saturated carbocycles. The Balaban J connectivity index is 2.12. The van der Waals surface area contributed by atoms with Crippen molar-refractivity contribution in [3.63, 3.8) is 0 Å². The fourth-order valence-corrected chi connectivity index (χ4v) is 2.42. The molecule has 0 spiro atoms. The van der Waals surface area contributed by atoms with Crippen molar-refractivity contribution >= 4 is 11.9 Å². The maximum absolute atomic E-state index is 12.6. The van der Waals surface area contributed by atoms with Gasteiger partial charge in [-0.05, 0) is 54.8 Å². The van der Waals surface area contributed by atoms with Gasteiger partial charge in [0.1, 0.15) is 6.04 Å². The third-order valence-electron chi connectivity index (χ3n) is 4.09.